The standard InChI is InChI=1S/C25H29N3O5S/c1-14-13-27(22(30)32-24(2,3)4)19-18-15-9-8-12-26-16(15)10-11-17(18)34-20(19)21(29)28(14)23(31)33-25(5,6)7/h8-12,14H,13H2,1-7H3/i1D. The zero-order valence-electron chi connectivity index (χ0n) is 21.2. The molecule has 3 amide bonds. The summed E-state index contributed by atoms with van der Waals surface area (Å²) in [7, 11) is 0. The number of pyridine rings is 1. The molecule has 0 saturated heterocycles. The summed E-state index contributed by atoms with van der Waals surface area (Å²) in [6.07, 6.45) is 0.174. The molecule has 0 spiro atoms. The number of hydrogen-bond donors (Lipinski definition) is 0. The van der Waals surface area contributed by atoms with Gasteiger partial charge < -0.3 is 9.47 Å². The average Bonchev–Trinajstić information content (AvgIpc) is 3.08. The number of aromatic nitrogens is 1. The van der Waals surface area contributed by atoms with Gasteiger partial charge in [-0.05, 0) is 66.6 Å². The average molecular weight is 485 g/mol. The Kier molecular flexibility index (Phi) is 5.47. The fraction of sp³-hybridized carbons (Fsp3) is 0.440. The summed E-state index contributed by atoms with van der Waals surface area (Å²) >= 11 is 1.19. The SMILES string of the molecule is [2H]CC1CN(C(=O)OC(C)(C)C)c2c(sc3ccc4ncccc4c23)C(=O)N1C(=O)OC(C)(C)C. The molecule has 0 N–H and O–H groups in total. The van der Waals surface area contributed by atoms with Crippen LogP contribution >= 0.6 is 11.3 Å². The van der Waals surface area contributed by atoms with Crippen molar-refractivity contribution < 1.29 is 25.2 Å². The monoisotopic (exact) mass is 484 g/mol. The second-order valence-electron chi connectivity index (χ2n) is 10.2. The molecule has 1 atom stereocenters. The maximum atomic E-state index is 13.9. The summed E-state index contributed by atoms with van der Waals surface area (Å²) in [6.45, 7) is 10.00. The molecule has 4 rings (SSSR count). The third-order valence-electron chi connectivity index (χ3n) is 5.06. The number of imide groups is 1. The number of carbonyl (C=O) groups is 3. The van der Waals surface area contributed by atoms with Crippen LogP contribution in [0.2, 0.25) is 0 Å². The molecule has 1 unspecified atom stereocenters. The lowest BCUT2D eigenvalue weighted by molar-refractivity contribution is 0.0182. The Morgan fingerprint density at radius 3 is 2.41 bits per heavy atom. The van der Waals surface area contributed by atoms with Crippen molar-refractivity contribution in [2.45, 2.75) is 65.7 Å². The van der Waals surface area contributed by atoms with Gasteiger partial charge in [0, 0.05) is 23.0 Å². The van der Waals surface area contributed by atoms with Crippen molar-refractivity contribution in [2.75, 3.05) is 11.4 Å². The fourth-order valence-corrected chi connectivity index (χ4v) is 4.98. The molecular weight excluding hydrogens is 454 g/mol. The van der Waals surface area contributed by atoms with E-state index in [1.807, 2.05) is 18.2 Å². The minimum Gasteiger partial charge on any atom is -0.443 e. The van der Waals surface area contributed by atoms with Gasteiger partial charge in [0.05, 0.1) is 23.8 Å². The number of anilines is 1. The third-order valence-corrected chi connectivity index (χ3v) is 6.19. The van der Waals surface area contributed by atoms with Gasteiger partial charge in [-0.2, -0.15) is 0 Å². The molecule has 3 aromatic rings. The van der Waals surface area contributed by atoms with Crippen molar-refractivity contribution in [3.63, 3.8) is 0 Å². The zero-order chi connectivity index (χ0) is 25.7. The second kappa shape index (κ2) is 8.23. The maximum Gasteiger partial charge on any atom is 0.417 e. The molecule has 0 radical (unpaired) electrons. The van der Waals surface area contributed by atoms with E-state index in [0.717, 1.165) is 15.0 Å². The number of benzene rings is 1. The lowest BCUT2D eigenvalue weighted by Crippen LogP contribution is -2.49. The van der Waals surface area contributed by atoms with Crippen LogP contribution in [0.1, 0.15) is 59.5 Å². The van der Waals surface area contributed by atoms with Gasteiger partial charge in [0.25, 0.3) is 5.91 Å². The number of hydrogen-bond acceptors (Lipinski definition) is 7. The summed E-state index contributed by atoms with van der Waals surface area (Å²) in [5.74, 6) is -0.601. The summed E-state index contributed by atoms with van der Waals surface area (Å²) < 4.78 is 20.1. The van der Waals surface area contributed by atoms with E-state index < -0.39 is 35.3 Å². The first-order valence-corrected chi connectivity index (χ1v) is 11.8. The molecule has 180 valence electrons. The summed E-state index contributed by atoms with van der Waals surface area (Å²) in [4.78, 5) is 47.4. The lowest BCUT2D eigenvalue weighted by atomic mass is 10.1. The van der Waals surface area contributed by atoms with Crippen LogP contribution in [0.5, 0.6) is 0 Å². The van der Waals surface area contributed by atoms with Crippen LogP contribution in [-0.2, 0) is 9.47 Å². The number of fused-ring (bicyclic) bond motifs is 5. The van der Waals surface area contributed by atoms with E-state index in [1.54, 1.807) is 53.8 Å². The van der Waals surface area contributed by atoms with Gasteiger partial charge in [0.15, 0.2) is 0 Å². The van der Waals surface area contributed by atoms with Crippen molar-refractivity contribution in [3.05, 3.63) is 35.3 Å². The molecule has 2 aromatic heterocycles. The smallest absolute Gasteiger partial charge is 0.417 e. The molecule has 0 fully saturated rings. The van der Waals surface area contributed by atoms with Crippen molar-refractivity contribution in [1.82, 2.24) is 9.88 Å². The molecule has 9 heteroatoms. The predicted molar refractivity (Wildman–Crippen MR) is 133 cm³/mol. The molecule has 1 aromatic carbocycles. The zero-order valence-corrected chi connectivity index (χ0v) is 21.0. The molecule has 0 bridgehead atoms. The van der Waals surface area contributed by atoms with Gasteiger partial charge in [-0.1, -0.05) is 6.07 Å². The highest BCUT2D eigenvalue weighted by Crippen LogP contribution is 2.44. The van der Waals surface area contributed by atoms with Gasteiger partial charge in [0.1, 0.15) is 16.1 Å². The molecule has 8 nitrogen and oxygen atoms in total. The minimum absolute atomic E-state index is 0.0983. The topological polar surface area (TPSA) is 89.0 Å². The highest BCUT2D eigenvalue weighted by atomic mass is 32.1. The number of rotatable bonds is 0. The van der Waals surface area contributed by atoms with Crippen LogP contribution in [0.4, 0.5) is 15.3 Å². The fourth-order valence-electron chi connectivity index (χ4n) is 3.82. The largest absolute Gasteiger partial charge is 0.443 e. The minimum atomic E-state index is -0.924. The van der Waals surface area contributed by atoms with Crippen molar-refractivity contribution >= 4 is 56.1 Å². The van der Waals surface area contributed by atoms with Gasteiger partial charge >= 0.3 is 12.2 Å². The van der Waals surface area contributed by atoms with Crippen LogP contribution in [0, 0.1) is 0 Å². The Morgan fingerprint density at radius 1 is 1.09 bits per heavy atom. The van der Waals surface area contributed by atoms with E-state index in [0.29, 0.717) is 16.6 Å². The quantitative estimate of drug-likeness (QED) is 0.390. The molecule has 3 heterocycles. The van der Waals surface area contributed by atoms with Crippen LogP contribution in [0.15, 0.2) is 30.5 Å². The number of carbonyl (C=O) groups excluding carboxylic acids is 3. The van der Waals surface area contributed by atoms with Crippen LogP contribution in [0.3, 0.4) is 0 Å². The van der Waals surface area contributed by atoms with Crippen molar-refractivity contribution in [1.29, 1.82) is 0 Å². The first-order chi connectivity index (χ1) is 16.3. The summed E-state index contributed by atoms with van der Waals surface area (Å²) in [6, 6.07) is 6.46. The van der Waals surface area contributed by atoms with Gasteiger partial charge in [-0.25, -0.2) is 14.5 Å². The molecule has 1 aliphatic heterocycles. The van der Waals surface area contributed by atoms with E-state index in [-0.39, 0.29) is 18.3 Å². The first-order valence-electron chi connectivity index (χ1n) is 11.7. The van der Waals surface area contributed by atoms with Crippen LogP contribution < -0.4 is 4.90 Å². The van der Waals surface area contributed by atoms with E-state index in [9.17, 15) is 14.4 Å². The summed E-state index contributed by atoms with van der Waals surface area (Å²) in [5.41, 5.74) is -0.550. The van der Waals surface area contributed by atoms with E-state index in [1.165, 1.54) is 16.2 Å². The molecule has 0 aliphatic carbocycles. The molecule has 34 heavy (non-hydrogen) atoms. The number of amides is 3. The third kappa shape index (κ3) is 4.44. The Balaban J connectivity index is 1.98. The summed E-state index contributed by atoms with van der Waals surface area (Å²) in [5, 5.41) is 1.46. The van der Waals surface area contributed by atoms with Crippen molar-refractivity contribution in [3.8, 4) is 0 Å². The van der Waals surface area contributed by atoms with E-state index in [2.05, 4.69) is 4.98 Å². The number of nitrogens with zero attached hydrogens (tertiary/aromatic N) is 3. The Labute approximate surface area is 203 Å². The second-order valence-corrected chi connectivity index (χ2v) is 11.2. The number of ether oxygens (including phenoxy) is 2. The van der Waals surface area contributed by atoms with E-state index in [4.69, 9.17) is 10.8 Å². The maximum absolute atomic E-state index is 13.9. The van der Waals surface area contributed by atoms with Gasteiger partial charge in [-0.3, -0.25) is 14.7 Å². The van der Waals surface area contributed by atoms with Gasteiger partial charge in [0.2, 0.25) is 0 Å². The van der Waals surface area contributed by atoms with E-state index >= 15 is 0 Å². The Hall–Kier alpha value is -3.20. The normalized spacial score (nSPS) is 17.4. The first kappa shape index (κ1) is 22.6. The Morgan fingerprint density at radius 2 is 1.76 bits per heavy atom. The van der Waals surface area contributed by atoms with Crippen LogP contribution in [0.25, 0.3) is 21.0 Å². The van der Waals surface area contributed by atoms with Gasteiger partial charge in [-0.15, -0.1) is 11.3 Å². The highest BCUT2D eigenvalue weighted by Gasteiger charge is 2.42. The van der Waals surface area contributed by atoms with Crippen LogP contribution in [-0.4, -0.2) is 51.8 Å². The molecule has 1 aliphatic rings. The highest BCUT2D eigenvalue weighted by molar-refractivity contribution is 7.21. The molecule has 0 saturated carbocycles. The molecular formula is C25H29N3O5S. The number of thiophene rings is 1. The van der Waals surface area contributed by atoms with Crippen molar-refractivity contribution in [2.24, 2.45) is 0 Å². The Bertz CT molecular complexity index is 1320. The lowest BCUT2D eigenvalue weighted by Gasteiger charge is -2.31. The predicted octanol–water partition coefficient (Wildman–Crippen LogP) is 5.97.